The monoisotopic (exact) mass is 381 g/mol. The highest BCUT2D eigenvalue weighted by molar-refractivity contribution is 5.94. The van der Waals surface area contributed by atoms with Gasteiger partial charge in [0.25, 0.3) is 5.91 Å². The van der Waals surface area contributed by atoms with Gasteiger partial charge in [0.05, 0.1) is 11.0 Å². The molecule has 4 aromatic rings. The van der Waals surface area contributed by atoms with E-state index < -0.39 is 0 Å². The first kappa shape index (κ1) is 17.7. The summed E-state index contributed by atoms with van der Waals surface area (Å²) in [7, 11) is 0. The van der Waals surface area contributed by atoms with Crippen molar-refractivity contribution in [3.8, 4) is 0 Å². The standard InChI is InChI=1S/C25H23N3O/c29-25(26-21-14-15-21)20-12-10-19(11-13-20)17-28-23-9-5-4-8-22(23)27-24(28)16-18-6-2-1-3-7-18/h1-13,21H,14-17H2,(H,26,29). The molecule has 1 saturated carbocycles. The number of hydrogen-bond acceptors (Lipinski definition) is 2. The van der Waals surface area contributed by atoms with Gasteiger partial charge in [0.2, 0.25) is 0 Å². The highest BCUT2D eigenvalue weighted by Crippen LogP contribution is 2.21. The molecule has 0 aliphatic heterocycles. The lowest BCUT2D eigenvalue weighted by molar-refractivity contribution is 0.0951. The molecule has 0 atom stereocenters. The van der Waals surface area contributed by atoms with Gasteiger partial charge in [-0.25, -0.2) is 4.98 Å². The summed E-state index contributed by atoms with van der Waals surface area (Å²) in [6.45, 7) is 0.729. The van der Waals surface area contributed by atoms with Crippen molar-refractivity contribution in [2.75, 3.05) is 0 Å². The van der Waals surface area contributed by atoms with Crippen molar-refractivity contribution in [1.29, 1.82) is 0 Å². The molecule has 1 aromatic heterocycles. The SMILES string of the molecule is O=C(NC1CC1)c1ccc(Cn2c(Cc3ccccc3)nc3ccccc32)cc1. The second-order valence-corrected chi connectivity index (χ2v) is 7.71. The number of imidazole rings is 1. The van der Waals surface area contributed by atoms with Crippen molar-refractivity contribution < 1.29 is 4.79 Å². The smallest absolute Gasteiger partial charge is 0.251 e. The average Bonchev–Trinajstić information content (AvgIpc) is 3.51. The van der Waals surface area contributed by atoms with E-state index in [2.05, 4.69) is 52.3 Å². The Morgan fingerprint density at radius 1 is 0.897 bits per heavy atom. The zero-order valence-electron chi connectivity index (χ0n) is 16.2. The molecule has 0 unspecified atom stereocenters. The van der Waals surface area contributed by atoms with Crippen LogP contribution in [0.3, 0.4) is 0 Å². The number of nitrogens with one attached hydrogen (secondary N) is 1. The van der Waals surface area contributed by atoms with Gasteiger partial charge in [0.15, 0.2) is 0 Å². The number of benzene rings is 3. The molecule has 144 valence electrons. The lowest BCUT2D eigenvalue weighted by Gasteiger charge is -2.11. The summed E-state index contributed by atoms with van der Waals surface area (Å²) in [6.07, 6.45) is 2.99. The first-order valence-electron chi connectivity index (χ1n) is 10.1. The van der Waals surface area contributed by atoms with E-state index in [1.54, 1.807) is 0 Å². The quantitative estimate of drug-likeness (QED) is 0.532. The molecule has 1 fully saturated rings. The Labute approximate surface area is 170 Å². The third-order valence-corrected chi connectivity index (χ3v) is 5.41. The third kappa shape index (κ3) is 3.92. The van der Waals surface area contributed by atoms with Gasteiger partial charge < -0.3 is 9.88 Å². The van der Waals surface area contributed by atoms with Crippen LogP contribution in [0.1, 0.15) is 40.2 Å². The summed E-state index contributed by atoms with van der Waals surface area (Å²) in [5.41, 5.74) is 5.27. The maximum atomic E-state index is 12.2. The maximum absolute atomic E-state index is 12.2. The van der Waals surface area contributed by atoms with Crippen LogP contribution in [0.4, 0.5) is 0 Å². The highest BCUT2D eigenvalue weighted by Gasteiger charge is 2.23. The van der Waals surface area contributed by atoms with Crippen LogP contribution in [0.15, 0.2) is 78.9 Å². The molecule has 5 rings (SSSR count). The van der Waals surface area contributed by atoms with E-state index >= 15 is 0 Å². The minimum absolute atomic E-state index is 0.0249. The number of rotatable bonds is 6. The van der Waals surface area contributed by atoms with Gasteiger partial charge in [0, 0.05) is 24.6 Å². The Balaban J connectivity index is 1.43. The van der Waals surface area contributed by atoms with Crippen molar-refractivity contribution in [3.05, 3.63) is 101 Å². The molecule has 1 heterocycles. The first-order chi connectivity index (χ1) is 14.3. The number of hydrogen-bond donors (Lipinski definition) is 1. The molecule has 0 radical (unpaired) electrons. The summed E-state index contributed by atoms with van der Waals surface area (Å²) in [5, 5.41) is 3.04. The van der Waals surface area contributed by atoms with Gasteiger partial charge in [-0.05, 0) is 48.2 Å². The van der Waals surface area contributed by atoms with Gasteiger partial charge in [-0.1, -0.05) is 54.6 Å². The Kier molecular flexibility index (Phi) is 4.60. The molecular formula is C25H23N3O. The summed E-state index contributed by atoms with van der Waals surface area (Å²) < 4.78 is 2.28. The Bertz CT molecular complexity index is 1140. The van der Waals surface area contributed by atoms with Crippen LogP contribution in [0.5, 0.6) is 0 Å². The van der Waals surface area contributed by atoms with Crippen molar-refractivity contribution >= 4 is 16.9 Å². The fraction of sp³-hybridized carbons (Fsp3) is 0.200. The van der Waals surface area contributed by atoms with Crippen LogP contribution >= 0.6 is 0 Å². The number of amides is 1. The number of carbonyl (C=O) groups excluding carboxylic acids is 1. The van der Waals surface area contributed by atoms with Gasteiger partial charge in [0.1, 0.15) is 5.82 Å². The summed E-state index contributed by atoms with van der Waals surface area (Å²) in [6, 6.07) is 27.0. The number of para-hydroxylation sites is 2. The second-order valence-electron chi connectivity index (χ2n) is 7.71. The normalized spacial score (nSPS) is 13.5. The summed E-state index contributed by atoms with van der Waals surface area (Å²) in [5.74, 6) is 1.07. The van der Waals surface area contributed by atoms with Crippen molar-refractivity contribution in [2.24, 2.45) is 0 Å². The molecule has 3 aromatic carbocycles. The molecule has 1 aliphatic rings. The topological polar surface area (TPSA) is 46.9 Å². The number of aromatic nitrogens is 2. The molecule has 4 nitrogen and oxygen atoms in total. The molecule has 4 heteroatoms. The van der Waals surface area contributed by atoms with E-state index in [1.165, 1.54) is 5.56 Å². The van der Waals surface area contributed by atoms with Gasteiger partial charge >= 0.3 is 0 Å². The van der Waals surface area contributed by atoms with Crippen molar-refractivity contribution in [2.45, 2.75) is 31.8 Å². The summed E-state index contributed by atoms with van der Waals surface area (Å²) >= 11 is 0. The Morgan fingerprint density at radius 2 is 1.62 bits per heavy atom. The van der Waals surface area contributed by atoms with Crippen LogP contribution in [-0.2, 0) is 13.0 Å². The lowest BCUT2D eigenvalue weighted by atomic mass is 10.1. The molecule has 0 saturated heterocycles. The van der Waals surface area contributed by atoms with Crippen LogP contribution in [0.25, 0.3) is 11.0 Å². The van der Waals surface area contributed by atoms with E-state index in [9.17, 15) is 4.79 Å². The third-order valence-electron chi connectivity index (χ3n) is 5.41. The molecule has 0 spiro atoms. The maximum Gasteiger partial charge on any atom is 0.251 e. The zero-order chi connectivity index (χ0) is 19.6. The molecule has 0 bridgehead atoms. The van der Waals surface area contributed by atoms with Crippen molar-refractivity contribution in [1.82, 2.24) is 14.9 Å². The zero-order valence-corrected chi connectivity index (χ0v) is 16.2. The fourth-order valence-electron chi connectivity index (χ4n) is 3.66. The minimum atomic E-state index is 0.0249. The van der Waals surface area contributed by atoms with Gasteiger partial charge in [-0.3, -0.25) is 4.79 Å². The fourth-order valence-corrected chi connectivity index (χ4v) is 3.66. The van der Waals surface area contributed by atoms with Gasteiger partial charge in [-0.2, -0.15) is 0 Å². The van der Waals surface area contributed by atoms with E-state index in [-0.39, 0.29) is 5.91 Å². The average molecular weight is 381 g/mol. The largest absolute Gasteiger partial charge is 0.349 e. The van der Waals surface area contributed by atoms with Crippen LogP contribution in [0, 0.1) is 0 Å². The summed E-state index contributed by atoms with van der Waals surface area (Å²) in [4.78, 5) is 17.1. The van der Waals surface area contributed by atoms with Crippen LogP contribution in [0.2, 0.25) is 0 Å². The van der Waals surface area contributed by atoms with E-state index in [0.29, 0.717) is 6.04 Å². The van der Waals surface area contributed by atoms with Gasteiger partial charge in [-0.15, -0.1) is 0 Å². The van der Waals surface area contributed by atoms with Crippen LogP contribution < -0.4 is 5.32 Å². The predicted molar refractivity (Wildman–Crippen MR) is 115 cm³/mol. The van der Waals surface area contributed by atoms with Crippen LogP contribution in [-0.4, -0.2) is 21.5 Å². The number of nitrogens with zero attached hydrogens (tertiary/aromatic N) is 2. The number of carbonyl (C=O) groups is 1. The second kappa shape index (κ2) is 7.55. The molecule has 1 aliphatic carbocycles. The first-order valence-corrected chi connectivity index (χ1v) is 10.1. The minimum Gasteiger partial charge on any atom is -0.349 e. The predicted octanol–water partition coefficient (Wildman–Crippen LogP) is 4.57. The Hall–Kier alpha value is -3.40. The highest BCUT2D eigenvalue weighted by atomic mass is 16.1. The van der Waals surface area contributed by atoms with Crippen molar-refractivity contribution in [3.63, 3.8) is 0 Å². The lowest BCUT2D eigenvalue weighted by Crippen LogP contribution is -2.25. The Morgan fingerprint density at radius 3 is 2.38 bits per heavy atom. The number of fused-ring (bicyclic) bond motifs is 1. The van der Waals surface area contributed by atoms with E-state index in [0.717, 1.165) is 53.8 Å². The molecular weight excluding hydrogens is 358 g/mol. The molecule has 29 heavy (non-hydrogen) atoms. The molecule has 1 N–H and O–H groups in total. The van der Waals surface area contributed by atoms with E-state index in [4.69, 9.17) is 4.98 Å². The van der Waals surface area contributed by atoms with E-state index in [1.807, 2.05) is 36.4 Å². The molecule has 1 amide bonds.